The van der Waals surface area contributed by atoms with Crippen LogP contribution in [-0.2, 0) is 0 Å². The first kappa shape index (κ1) is 9.93. The average molecular weight is 196 g/mol. The molecular formula is C7H8N4O3. The maximum absolute atomic E-state index is 10.7. The van der Waals surface area contributed by atoms with Crippen LogP contribution in [0.3, 0.4) is 0 Å². The van der Waals surface area contributed by atoms with Gasteiger partial charge in [0.05, 0.1) is 4.92 Å². The van der Waals surface area contributed by atoms with Crippen LogP contribution in [0.4, 0.5) is 16.2 Å². The van der Waals surface area contributed by atoms with E-state index in [2.05, 4.69) is 5.32 Å². The molecule has 0 aliphatic carbocycles. The Morgan fingerprint density at radius 2 is 2.21 bits per heavy atom. The van der Waals surface area contributed by atoms with Gasteiger partial charge >= 0.3 is 6.03 Å². The molecule has 0 aliphatic rings. The number of hydrogen-bond donors (Lipinski definition) is 3. The first-order chi connectivity index (χ1) is 6.63. The van der Waals surface area contributed by atoms with Crippen molar-refractivity contribution in [1.82, 2.24) is 5.43 Å². The lowest BCUT2D eigenvalue weighted by atomic mass is 10.3. The van der Waals surface area contributed by atoms with E-state index >= 15 is 0 Å². The van der Waals surface area contributed by atoms with Gasteiger partial charge in [0.2, 0.25) is 0 Å². The fourth-order valence-electron chi connectivity index (χ4n) is 0.864. The van der Waals surface area contributed by atoms with Crippen LogP contribution in [0.2, 0.25) is 0 Å². The lowest BCUT2D eigenvalue weighted by molar-refractivity contribution is -0.384. The van der Waals surface area contributed by atoms with Gasteiger partial charge in [-0.25, -0.2) is 10.6 Å². The fraction of sp³-hybridized carbons (Fsp3) is 0. The Kier molecular flexibility index (Phi) is 2.97. The molecule has 2 amide bonds. The molecule has 0 aromatic heterocycles. The number of hydrogen-bond acceptors (Lipinski definition) is 4. The molecule has 0 unspecified atom stereocenters. The molecule has 1 aromatic rings. The molecule has 1 rings (SSSR count). The number of non-ortho nitro benzene ring substituents is 1. The molecule has 0 atom stereocenters. The number of carbonyl (C=O) groups excluding carboxylic acids is 1. The van der Waals surface area contributed by atoms with Gasteiger partial charge in [-0.2, -0.15) is 0 Å². The maximum atomic E-state index is 10.7. The van der Waals surface area contributed by atoms with E-state index < -0.39 is 11.0 Å². The fourth-order valence-corrected chi connectivity index (χ4v) is 0.864. The Bertz CT molecular complexity index is 366. The predicted octanol–water partition coefficient (Wildman–Crippen LogP) is 0.590. The maximum Gasteiger partial charge on any atom is 0.333 e. The number of nitrogens with one attached hydrogen (secondary N) is 2. The minimum absolute atomic E-state index is 0.0974. The topological polar surface area (TPSA) is 110 Å². The van der Waals surface area contributed by atoms with E-state index in [4.69, 9.17) is 5.84 Å². The van der Waals surface area contributed by atoms with Gasteiger partial charge in [-0.05, 0) is 6.07 Å². The first-order valence-electron chi connectivity index (χ1n) is 3.65. The molecule has 0 bridgehead atoms. The normalized spacial score (nSPS) is 9.21. The number of carbonyl (C=O) groups is 1. The minimum atomic E-state index is -0.634. The number of nitrogens with zero attached hydrogens (tertiary/aromatic N) is 1. The van der Waals surface area contributed by atoms with E-state index in [1.165, 1.54) is 24.3 Å². The van der Waals surface area contributed by atoms with Crippen LogP contribution in [0.15, 0.2) is 24.3 Å². The van der Waals surface area contributed by atoms with Gasteiger partial charge in [0, 0.05) is 17.8 Å². The van der Waals surface area contributed by atoms with Crippen molar-refractivity contribution in [1.29, 1.82) is 0 Å². The zero-order chi connectivity index (χ0) is 10.6. The molecule has 4 N–H and O–H groups in total. The van der Waals surface area contributed by atoms with Gasteiger partial charge in [0.25, 0.3) is 5.69 Å². The summed E-state index contributed by atoms with van der Waals surface area (Å²) in [5.74, 6) is 4.82. The van der Waals surface area contributed by atoms with Gasteiger partial charge in [-0.15, -0.1) is 0 Å². The Hall–Kier alpha value is -2.15. The molecular weight excluding hydrogens is 188 g/mol. The Balaban J connectivity index is 2.83. The van der Waals surface area contributed by atoms with Crippen molar-refractivity contribution in [3.8, 4) is 0 Å². The molecule has 0 fully saturated rings. The summed E-state index contributed by atoms with van der Waals surface area (Å²) in [5, 5.41) is 12.7. The summed E-state index contributed by atoms with van der Waals surface area (Å²) in [4.78, 5) is 20.6. The summed E-state index contributed by atoms with van der Waals surface area (Å²) in [6.07, 6.45) is 0. The number of nitrogens with two attached hydrogens (primary N) is 1. The van der Waals surface area contributed by atoms with Crippen molar-refractivity contribution in [2.24, 2.45) is 5.84 Å². The van der Waals surface area contributed by atoms with Crippen molar-refractivity contribution in [3.63, 3.8) is 0 Å². The average Bonchev–Trinajstić information content (AvgIpc) is 2.18. The summed E-state index contributed by atoms with van der Waals surface area (Å²) in [5.41, 5.74) is 2.05. The minimum Gasteiger partial charge on any atom is -0.307 e. The Morgan fingerprint density at radius 3 is 2.79 bits per heavy atom. The molecule has 0 radical (unpaired) electrons. The number of nitro benzene ring substituents is 1. The largest absolute Gasteiger partial charge is 0.333 e. The van der Waals surface area contributed by atoms with E-state index in [1.54, 1.807) is 0 Å². The predicted molar refractivity (Wildman–Crippen MR) is 49.4 cm³/mol. The van der Waals surface area contributed by atoms with Crippen LogP contribution in [0.5, 0.6) is 0 Å². The van der Waals surface area contributed by atoms with Crippen molar-refractivity contribution in [3.05, 3.63) is 34.4 Å². The molecule has 0 aliphatic heterocycles. The number of benzene rings is 1. The standard InChI is InChI=1S/C7H8N4O3/c8-10-7(12)9-5-2-1-3-6(4-5)11(13)14/h1-4H,8H2,(H2,9,10,12). The SMILES string of the molecule is NNC(=O)Nc1cccc([N+](=O)[O-])c1. The number of anilines is 1. The summed E-state index contributed by atoms with van der Waals surface area (Å²) in [7, 11) is 0. The van der Waals surface area contributed by atoms with Crippen molar-refractivity contribution >= 4 is 17.4 Å². The Morgan fingerprint density at radius 1 is 1.50 bits per heavy atom. The number of amides is 2. The molecule has 1 aromatic carbocycles. The lowest BCUT2D eigenvalue weighted by Crippen LogP contribution is -2.34. The van der Waals surface area contributed by atoms with Crippen LogP contribution in [0.1, 0.15) is 0 Å². The van der Waals surface area contributed by atoms with Crippen molar-refractivity contribution in [2.45, 2.75) is 0 Å². The summed E-state index contributed by atoms with van der Waals surface area (Å²) < 4.78 is 0. The van der Waals surface area contributed by atoms with Crippen molar-refractivity contribution in [2.75, 3.05) is 5.32 Å². The second-order valence-corrected chi connectivity index (χ2v) is 2.41. The molecule has 7 heteroatoms. The Labute approximate surface area is 79.0 Å². The van der Waals surface area contributed by atoms with Gasteiger partial charge in [-0.1, -0.05) is 6.07 Å². The number of hydrazine groups is 1. The molecule has 0 heterocycles. The zero-order valence-corrected chi connectivity index (χ0v) is 7.06. The number of urea groups is 1. The third-order valence-corrected chi connectivity index (χ3v) is 1.45. The lowest BCUT2D eigenvalue weighted by Gasteiger charge is -2.02. The molecule has 7 nitrogen and oxygen atoms in total. The van der Waals surface area contributed by atoms with Gasteiger partial charge in [0.15, 0.2) is 0 Å². The van der Waals surface area contributed by atoms with E-state index in [0.717, 1.165) is 0 Å². The molecule has 74 valence electrons. The highest BCUT2D eigenvalue weighted by atomic mass is 16.6. The molecule has 14 heavy (non-hydrogen) atoms. The zero-order valence-electron chi connectivity index (χ0n) is 7.06. The van der Waals surface area contributed by atoms with E-state index in [0.29, 0.717) is 5.69 Å². The monoisotopic (exact) mass is 196 g/mol. The highest BCUT2D eigenvalue weighted by molar-refractivity contribution is 5.89. The smallest absolute Gasteiger partial charge is 0.307 e. The summed E-state index contributed by atoms with van der Waals surface area (Å²) in [6.45, 7) is 0. The number of nitro groups is 1. The van der Waals surface area contributed by atoms with Gasteiger partial charge < -0.3 is 5.32 Å². The van der Waals surface area contributed by atoms with E-state index in [9.17, 15) is 14.9 Å². The summed E-state index contributed by atoms with van der Waals surface area (Å²) >= 11 is 0. The van der Waals surface area contributed by atoms with Crippen LogP contribution in [0, 0.1) is 10.1 Å². The molecule has 0 saturated heterocycles. The highest BCUT2D eigenvalue weighted by Crippen LogP contribution is 2.16. The molecule has 0 spiro atoms. The van der Waals surface area contributed by atoms with Gasteiger partial charge in [0.1, 0.15) is 0 Å². The van der Waals surface area contributed by atoms with Gasteiger partial charge in [-0.3, -0.25) is 15.5 Å². The quantitative estimate of drug-likeness (QED) is 0.278. The number of rotatable bonds is 2. The second-order valence-electron chi connectivity index (χ2n) is 2.41. The first-order valence-corrected chi connectivity index (χ1v) is 3.65. The van der Waals surface area contributed by atoms with Crippen LogP contribution < -0.4 is 16.6 Å². The highest BCUT2D eigenvalue weighted by Gasteiger charge is 2.06. The third kappa shape index (κ3) is 2.42. The van der Waals surface area contributed by atoms with E-state index in [-0.39, 0.29) is 5.69 Å². The van der Waals surface area contributed by atoms with Crippen LogP contribution in [0.25, 0.3) is 0 Å². The van der Waals surface area contributed by atoms with Crippen LogP contribution >= 0.6 is 0 Å². The molecule has 0 saturated carbocycles. The third-order valence-electron chi connectivity index (χ3n) is 1.45. The second kappa shape index (κ2) is 4.19. The van der Waals surface area contributed by atoms with Crippen LogP contribution in [-0.4, -0.2) is 11.0 Å². The van der Waals surface area contributed by atoms with E-state index in [1.807, 2.05) is 5.43 Å². The van der Waals surface area contributed by atoms with Crippen molar-refractivity contribution < 1.29 is 9.72 Å². The summed E-state index contributed by atoms with van der Waals surface area (Å²) in [6, 6.07) is 4.90.